The van der Waals surface area contributed by atoms with E-state index < -0.39 is 0 Å². The molecular formula is C16H25FN2. The number of nitrogens with zero attached hydrogens (tertiary/aromatic N) is 1. The summed E-state index contributed by atoms with van der Waals surface area (Å²) in [5, 5.41) is 0. The second-order valence-electron chi connectivity index (χ2n) is 5.86. The van der Waals surface area contributed by atoms with Gasteiger partial charge in [0.1, 0.15) is 5.82 Å². The predicted molar refractivity (Wildman–Crippen MR) is 79.0 cm³/mol. The average molecular weight is 264 g/mol. The molecule has 0 radical (unpaired) electrons. The number of nitrogens with two attached hydrogens (primary N) is 1. The van der Waals surface area contributed by atoms with E-state index in [0.29, 0.717) is 12.1 Å². The molecular weight excluding hydrogens is 239 g/mol. The molecule has 0 saturated carbocycles. The highest BCUT2D eigenvalue weighted by molar-refractivity contribution is 5.52. The van der Waals surface area contributed by atoms with E-state index in [1.165, 1.54) is 6.42 Å². The highest BCUT2D eigenvalue weighted by Crippen LogP contribution is 2.33. The van der Waals surface area contributed by atoms with Crippen molar-refractivity contribution in [1.29, 1.82) is 0 Å². The molecule has 1 heterocycles. The molecule has 3 unspecified atom stereocenters. The standard InChI is InChI=1S/C16H25FN2/c1-4-14-7-5-12(3)19(14)16-8-6-13(9-11(2)18)10-15(16)17/h6,8,10-12,14H,4-5,7,9,18H2,1-3H3. The van der Waals surface area contributed by atoms with Crippen LogP contribution in [0, 0.1) is 5.82 Å². The molecule has 0 aliphatic carbocycles. The Bertz CT molecular complexity index is 431. The van der Waals surface area contributed by atoms with Gasteiger partial charge in [-0.3, -0.25) is 0 Å². The summed E-state index contributed by atoms with van der Waals surface area (Å²) in [6.45, 7) is 6.31. The molecule has 2 N–H and O–H groups in total. The molecule has 3 atom stereocenters. The summed E-state index contributed by atoms with van der Waals surface area (Å²) in [4.78, 5) is 2.25. The second kappa shape index (κ2) is 5.91. The van der Waals surface area contributed by atoms with Crippen LogP contribution < -0.4 is 10.6 Å². The van der Waals surface area contributed by atoms with Crippen molar-refractivity contribution in [1.82, 2.24) is 0 Å². The second-order valence-corrected chi connectivity index (χ2v) is 5.86. The Morgan fingerprint density at radius 2 is 2.16 bits per heavy atom. The first-order valence-electron chi connectivity index (χ1n) is 7.35. The summed E-state index contributed by atoms with van der Waals surface area (Å²) in [5.74, 6) is -0.106. The number of benzene rings is 1. The van der Waals surface area contributed by atoms with E-state index in [4.69, 9.17) is 5.73 Å². The van der Waals surface area contributed by atoms with Crippen molar-refractivity contribution in [2.75, 3.05) is 4.90 Å². The van der Waals surface area contributed by atoms with Crippen LogP contribution in [0.1, 0.15) is 45.6 Å². The molecule has 0 bridgehead atoms. The van der Waals surface area contributed by atoms with E-state index in [1.807, 2.05) is 19.1 Å². The van der Waals surface area contributed by atoms with Crippen LogP contribution in [0.5, 0.6) is 0 Å². The molecule has 0 aromatic heterocycles. The molecule has 1 saturated heterocycles. The first kappa shape index (κ1) is 14.3. The summed E-state index contributed by atoms with van der Waals surface area (Å²) in [6, 6.07) is 6.56. The van der Waals surface area contributed by atoms with Gasteiger partial charge in [-0.15, -0.1) is 0 Å². The van der Waals surface area contributed by atoms with Gasteiger partial charge < -0.3 is 10.6 Å². The Morgan fingerprint density at radius 1 is 1.42 bits per heavy atom. The first-order valence-corrected chi connectivity index (χ1v) is 7.35. The summed E-state index contributed by atoms with van der Waals surface area (Å²) >= 11 is 0. The minimum Gasteiger partial charge on any atom is -0.363 e. The minimum absolute atomic E-state index is 0.0688. The van der Waals surface area contributed by atoms with Crippen LogP contribution >= 0.6 is 0 Å². The van der Waals surface area contributed by atoms with Gasteiger partial charge in [-0.1, -0.05) is 13.0 Å². The minimum atomic E-state index is -0.106. The van der Waals surface area contributed by atoms with E-state index >= 15 is 0 Å². The molecule has 2 nitrogen and oxygen atoms in total. The maximum Gasteiger partial charge on any atom is 0.146 e. The third-order valence-electron chi connectivity index (χ3n) is 4.11. The molecule has 1 aromatic carbocycles. The lowest BCUT2D eigenvalue weighted by Gasteiger charge is -2.30. The Morgan fingerprint density at radius 3 is 2.74 bits per heavy atom. The molecule has 1 aromatic rings. The fraction of sp³-hybridized carbons (Fsp3) is 0.625. The molecule has 19 heavy (non-hydrogen) atoms. The van der Waals surface area contributed by atoms with Crippen molar-refractivity contribution in [3.05, 3.63) is 29.6 Å². The molecule has 0 amide bonds. The van der Waals surface area contributed by atoms with E-state index in [-0.39, 0.29) is 11.9 Å². The maximum absolute atomic E-state index is 14.4. The fourth-order valence-electron chi connectivity index (χ4n) is 3.17. The van der Waals surface area contributed by atoms with E-state index in [9.17, 15) is 4.39 Å². The Kier molecular flexibility index (Phi) is 4.46. The van der Waals surface area contributed by atoms with Gasteiger partial charge >= 0.3 is 0 Å². The van der Waals surface area contributed by atoms with Gasteiger partial charge in [0.05, 0.1) is 5.69 Å². The molecule has 106 valence electrons. The number of rotatable bonds is 4. The van der Waals surface area contributed by atoms with Gasteiger partial charge in [-0.2, -0.15) is 0 Å². The zero-order valence-electron chi connectivity index (χ0n) is 12.2. The third kappa shape index (κ3) is 3.08. The lowest BCUT2D eigenvalue weighted by atomic mass is 10.1. The van der Waals surface area contributed by atoms with Gasteiger partial charge in [-0.05, 0) is 57.2 Å². The van der Waals surface area contributed by atoms with Crippen LogP contribution in [-0.4, -0.2) is 18.1 Å². The molecule has 2 rings (SSSR count). The topological polar surface area (TPSA) is 29.3 Å². The van der Waals surface area contributed by atoms with Crippen molar-refractivity contribution in [3.63, 3.8) is 0 Å². The van der Waals surface area contributed by atoms with Crippen LogP contribution in [0.25, 0.3) is 0 Å². The predicted octanol–water partition coefficient (Wildman–Crippen LogP) is 3.48. The molecule has 1 aliphatic heterocycles. The van der Waals surface area contributed by atoms with Crippen LogP contribution in [0.3, 0.4) is 0 Å². The number of halogens is 1. The largest absolute Gasteiger partial charge is 0.363 e. The normalized spacial score (nSPS) is 24.8. The zero-order valence-corrected chi connectivity index (χ0v) is 12.2. The van der Waals surface area contributed by atoms with Crippen LogP contribution in [0.15, 0.2) is 18.2 Å². The van der Waals surface area contributed by atoms with Gasteiger partial charge in [0.25, 0.3) is 0 Å². The van der Waals surface area contributed by atoms with E-state index in [0.717, 1.165) is 30.5 Å². The average Bonchev–Trinajstić information content (AvgIpc) is 2.70. The van der Waals surface area contributed by atoms with Crippen molar-refractivity contribution < 1.29 is 4.39 Å². The zero-order chi connectivity index (χ0) is 14.0. The van der Waals surface area contributed by atoms with Crippen molar-refractivity contribution >= 4 is 5.69 Å². The molecule has 1 aliphatic rings. The maximum atomic E-state index is 14.4. The van der Waals surface area contributed by atoms with Gasteiger partial charge in [-0.25, -0.2) is 4.39 Å². The Labute approximate surface area is 115 Å². The van der Waals surface area contributed by atoms with E-state index in [2.05, 4.69) is 18.7 Å². The Hall–Kier alpha value is -1.09. The number of hydrogen-bond donors (Lipinski definition) is 1. The first-order chi connectivity index (χ1) is 9.02. The summed E-state index contributed by atoms with van der Waals surface area (Å²) in [5.41, 5.74) is 7.50. The van der Waals surface area contributed by atoms with Crippen LogP contribution in [-0.2, 0) is 6.42 Å². The van der Waals surface area contributed by atoms with Gasteiger partial charge in [0.2, 0.25) is 0 Å². The van der Waals surface area contributed by atoms with E-state index in [1.54, 1.807) is 6.07 Å². The van der Waals surface area contributed by atoms with Gasteiger partial charge in [0, 0.05) is 18.1 Å². The third-order valence-corrected chi connectivity index (χ3v) is 4.11. The number of anilines is 1. The van der Waals surface area contributed by atoms with Crippen molar-refractivity contribution in [2.24, 2.45) is 5.73 Å². The number of hydrogen-bond acceptors (Lipinski definition) is 2. The molecule has 3 heteroatoms. The Balaban J connectivity index is 2.25. The molecule has 0 spiro atoms. The fourth-order valence-corrected chi connectivity index (χ4v) is 3.17. The van der Waals surface area contributed by atoms with Crippen molar-refractivity contribution in [2.45, 2.75) is 64.6 Å². The van der Waals surface area contributed by atoms with Gasteiger partial charge in [0.15, 0.2) is 0 Å². The lowest BCUT2D eigenvalue weighted by molar-refractivity contribution is 0.579. The van der Waals surface area contributed by atoms with Crippen LogP contribution in [0.2, 0.25) is 0 Å². The monoisotopic (exact) mass is 264 g/mol. The highest BCUT2D eigenvalue weighted by atomic mass is 19.1. The highest BCUT2D eigenvalue weighted by Gasteiger charge is 2.30. The quantitative estimate of drug-likeness (QED) is 0.902. The molecule has 1 fully saturated rings. The lowest BCUT2D eigenvalue weighted by Crippen LogP contribution is -2.34. The summed E-state index contributed by atoms with van der Waals surface area (Å²) in [6.07, 6.45) is 4.12. The smallest absolute Gasteiger partial charge is 0.146 e. The van der Waals surface area contributed by atoms with Crippen LogP contribution in [0.4, 0.5) is 10.1 Å². The van der Waals surface area contributed by atoms with Crippen molar-refractivity contribution in [3.8, 4) is 0 Å². The summed E-state index contributed by atoms with van der Waals surface area (Å²) < 4.78 is 14.4. The SMILES string of the molecule is CCC1CCC(C)N1c1ccc(CC(C)N)cc1F. The summed E-state index contributed by atoms with van der Waals surface area (Å²) in [7, 11) is 0.